The summed E-state index contributed by atoms with van der Waals surface area (Å²) in [5.74, 6) is 0.537. The van der Waals surface area contributed by atoms with Gasteiger partial charge >= 0.3 is 6.18 Å². The van der Waals surface area contributed by atoms with Gasteiger partial charge in [-0.1, -0.05) is 12.1 Å². The van der Waals surface area contributed by atoms with E-state index < -0.39 is 11.7 Å². The number of benzene rings is 2. The van der Waals surface area contributed by atoms with Crippen molar-refractivity contribution in [1.82, 2.24) is 4.98 Å². The van der Waals surface area contributed by atoms with Gasteiger partial charge in [-0.3, -0.25) is 5.43 Å². The molecule has 0 spiro atoms. The van der Waals surface area contributed by atoms with Crippen LogP contribution in [0, 0.1) is 5.82 Å². The summed E-state index contributed by atoms with van der Waals surface area (Å²) in [6.07, 6.45) is -2.18. The molecule has 0 aliphatic carbocycles. The summed E-state index contributed by atoms with van der Waals surface area (Å²) in [6.45, 7) is 0.314. The molecule has 4 nitrogen and oxygen atoms in total. The number of aromatic nitrogens is 1. The standard InChI is InChI=1S/C20H15F4N3O/c21-17-6-1-15(2-7-17)13-28-18-8-3-14(4-9-18)11-26-27-19-10-5-16(12-25-19)20(22,23)24/h1-12H,13H2,(H,25,27)/b26-11-. The van der Waals surface area contributed by atoms with Crippen LogP contribution < -0.4 is 10.2 Å². The molecule has 0 bridgehead atoms. The molecule has 1 N–H and O–H groups in total. The normalized spacial score (nSPS) is 11.6. The Morgan fingerprint density at radius 1 is 0.964 bits per heavy atom. The first-order chi connectivity index (χ1) is 13.4. The lowest BCUT2D eigenvalue weighted by Crippen LogP contribution is -2.05. The van der Waals surface area contributed by atoms with Crippen LogP contribution in [-0.2, 0) is 12.8 Å². The topological polar surface area (TPSA) is 46.5 Å². The number of alkyl halides is 3. The summed E-state index contributed by atoms with van der Waals surface area (Å²) >= 11 is 0. The molecule has 1 aromatic heterocycles. The van der Waals surface area contributed by atoms with Crippen LogP contribution in [-0.4, -0.2) is 11.2 Å². The minimum Gasteiger partial charge on any atom is -0.489 e. The van der Waals surface area contributed by atoms with Crippen molar-refractivity contribution in [3.63, 3.8) is 0 Å². The molecule has 0 atom stereocenters. The minimum absolute atomic E-state index is 0.198. The van der Waals surface area contributed by atoms with Gasteiger partial charge in [-0.05, 0) is 59.7 Å². The van der Waals surface area contributed by atoms with Crippen LogP contribution in [0.4, 0.5) is 23.4 Å². The van der Waals surface area contributed by atoms with Crippen molar-refractivity contribution in [2.45, 2.75) is 12.8 Å². The number of pyridine rings is 1. The Morgan fingerprint density at radius 3 is 2.29 bits per heavy atom. The van der Waals surface area contributed by atoms with E-state index in [0.29, 0.717) is 12.4 Å². The van der Waals surface area contributed by atoms with Gasteiger partial charge in [0.25, 0.3) is 0 Å². The molecular weight excluding hydrogens is 374 g/mol. The fraction of sp³-hybridized carbons (Fsp3) is 0.100. The van der Waals surface area contributed by atoms with Gasteiger partial charge in [0, 0.05) is 6.20 Å². The van der Waals surface area contributed by atoms with Crippen LogP contribution >= 0.6 is 0 Å². The van der Waals surface area contributed by atoms with Crippen LogP contribution in [0.1, 0.15) is 16.7 Å². The number of nitrogens with one attached hydrogen (secondary N) is 1. The molecule has 0 amide bonds. The fourth-order valence-electron chi connectivity index (χ4n) is 2.20. The second kappa shape index (κ2) is 8.51. The van der Waals surface area contributed by atoms with Gasteiger partial charge in [-0.2, -0.15) is 18.3 Å². The highest BCUT2D eigenvalue weighted by Crippen LogP contribution is 2.28. The molecule has 3 rings (SSSR count). The number of halogens is 4. The van der Waals surface area contributed by atoms with Crippen molar-refractivity contribution in [3.05, 3.63) is 89.4 Å². The van der Waals surface area contributed by atoms with Crippen molar-refractivity contribution < 1.29 is 22.3 Å². The third kappa shape index (κ3) is 5.54. The second-order valence-corrected chi connectivity index (χ2v) is 5.78. The van der Waals surface area contributed by atoms with Crippen molar-refractivity contribution in [2.75, 3.05) is 5.43 Å². The van der Waals surface area contributed by atoms with E-state index in [1.54, 1.807) is 36.4 Å². The predicted octanol–water partition coefficient (Wildman–Crippen LogP) is 5.26. The van der Waals surface area contributed by atoms with Crippen molar-refractivity contribution in [1.29, 1.82) is 0 Å². The van der Waals surface area contributed by atoms with Crippen LogP contribution in [0.15, 0.2) is 72.0 Å². The van der Waals surface area contributed by atoms with E-state index in [-0.39, 0.29) is 11.6 Å². The maximum absolute atomic E-state index is 12.9. The Labute approximate surface area is 158 Å². The van der Waals surface area contributed by atoms with Crippen LogP contribution in [0.3, 0.4) is 0 Å². The van der Waals surface area contributed by atoms with E-state index >= 15 is 0 Å². The first-order valence-corrected chi connectivity index (χ1v) is 8.20. The number of rotatable bonds is 6. The third-order valence-electron chi connectivity index (χ3n) is 3.68. The van der Waals surface area contributed by atoms with Crippen molar-refractivity contribution in [2.24, 2.45) is 5.10 Å². The highest BCUT2D eigenvalue weighted by Gasteiger charge is 2.30. The summed E-state index contributed by atoms with van der Waals surface area (Å²) in [4.78, 5) is 3.66. The van der Waals surface area contributed by atoms with Gasteiger partial charge in [0.1, 0.15) is 24.0 Å². The largest absolute Gasteiger partial charge is 0.489 e. The molecule has 2 aromatic carbocycles. The van der Waals surface area contributed by atoms with E-state index in [0.717, 1.165) is 23.4 Å². The first-order valence-electron chi connectivity index (χ1n) is 8.20. The molecule has 3 aromatic rings. The second-order valence-electron chi connectivity index (χ2n) is 5.78. The Bertz CT molecular complexity index is 922. The average molecular weight is 389 g/mol. The Kier molecular flexibility index (Phi) is 5.88. The molecule has 144 valence electrons. The van der Waals surface area contributed by atoms with Crippen molar-refractivity contribution >= 4 is 12.0 Å². The average Bonchev–Trinajstić information content (AvgIpc) is 2.68. The molecular formula is C20H15F4N3O. The maximum Gasteiger partial charge on any atom is 0.417 e. The molecule has 1 heterocycles. The van der Waals surface area contributed by atoms with E-state index in [9.17, 15) is 17.6 Å². The molecule has 0 aliphatic rings. The summed E-state index contributed by atoms with van der Waals surface area (Å²) in [7, 11) is 0. The van der Waals surface area contributed by atoms with Gasteiger partial charge in [0.2, 0.25) is 0 Å². The lowest BCUT2D eigenvalue weighted by molar-refractivity contribution is -0.137. The highest BCUT2D eigenvalue weighted by molar-refractivity contribution is 5.80. The summed E-state index contributed by atoms with van der Waals surface area (Å²) in [6, 6.07) is 15.2. The lowest BCUT2D eigenvalue weighted by Gasteiger charge is -2.07. The van der Waals surface area contributed by atoms with Gasteiger partial charge in [0.15, 0.2) is 0 Å². The SMILES string of the molecule is Fc1ccc(COc2ccc(/C=N\Nc3ccc(C(F)(F)F)cn3)cc2)cc1. The molecule has 0 aliphatic heterocycles. The van der Waals surface area contributed by atoms with Gasteiger partial charge in [0.05, 0.1) is 11.8 Å². The monoisotopic (exact) mass is 389 g/mol. The van der Waals surface area contributed by atoms with Gasteiger partial charge in [-0.15, -0.1) is 0 Å². The van der Waals surface area contributed by atoms with Gasteiger partial charge in [-0.25, -0.2) is 9.37 Å². The molecule has 28 heavy (non-hydrogen) atoms. The molecule has 0 radical (unpaired) electrons. The minimum atomic E-state index is -4.42. The van der Waals surface area contributed by atoms with Crippen LogP contribution in [0.2, 0.25) is 0 Å². The Morgan fingerprint density at radius 2 is 1.68 bits per heavy atom. The number of ether oxygens (including phenoxy) is 1. The number of anilines is 1. The molecule has 0 fully saturated rings. The zero-order valence-corrected chi connectivity index (χ0v) is 14.4. The van der Waals surface area contributed by atoms with Crippen LogP contribution in [0.5, 0.6) is 5.75 Å². The first kappa shape index (κ1) is 19.3. The summed E-state index contributed by atoms with van der Waals surface area (Å²) in [5, 5.41) is 3.94. The van der Waals surface area contributed by atoms with E-state index in [2.05, 4.69) is 15.5 Å². The Balaban J connectivity index is 1.51. The maximum atomic E-state index is 12.9. The molecule has 0 saturated carbocycles. The molecule has 8 heteroatoms. The number of nitrogens with zero attached hydrogens (tertiary/aromatic N) is 2. The highest BCUT2D eigenvalue weighted by atomic mass is 19.4. The molecule has 0 unspecified atom stereocenters. The van der Waals surface area contributed by atoms with E-state index in [4.69, 9.17) is 4.74 Å². The zero-order chi connectivity index (χ0) is 20.0. The van der Waals surface area contributed by atoms with Gasteiger partial charge < -0.3 is 4.74 Å². The number of hydrogen-bond donors (Lipinski definition) is 1. The number of hydrogen-bond acceptors (Lipinski definition) is 4. The van der Waals surface area contributed by atoms with E-state index in [1.807, 2.05) is 0 Å². The smallest absolute Gasteiger partial charge is 0.417 e. The fourth-order valence-corrected chi connectivity index (χ4v) is 2.20. The summed E-state index contributed by atoms with van der Waals surface area (Å²) in [5.41, 5.74) is 3.35. The molecule has 0 saturated heterocycles. The van der Waals surface area contributed by atoms with E-state index in [1.165, 1.54) is 24.4 Å². The van der Waals surface area contributed by atoms with Crippen LogP contribution in [0.25, 0.3) is 0 Å². The quantitative estimate of drug-likeness (QED) is 0.355. The Hall–Kier alpha value is -3.42. The third-order valence-corrected chi connectivity index (χ3v) is 3.68. The zero-order valence-electron chi connectivity index (χ0n) is 14.4. The summed E-state index contributed by atoms with van der Waals surface area (Å²) < 4.78 is 55.9. The predicted molar refractivity (Wildman–Crippen MR) is 97.6 cm³/mol. The number of hydrazone groups is 1. The van der Waals surface area contributed by atoms with Crippen molar-refractivity contribution in [3.8, 4) is 5.75 Å². The lowest BCUT2D eigenvalue weighted by atomic mass is 10.2.